The largest absolute Gasteiger partial charge is 0.420 e. The lowest BCUT2D eigenvalue weighted by atomic mass is 9.87. The first-order valence-corrected chi connectivity index (χ1v) is 12.5. The van der Waals surface area contributed by atoms with E-state index in [0.29, 0.717) is 43.3 Å². The second kappa shape index (κ2) is 9.81. The second-order valence-corrected chi connectivity index (χ2v) is 9.94. The fraction of sp³-hybridized carbons (Fsp3) is 0.444. The number of rotatable bonds is 6. The fourth-order valence-corrected chi connectivity index (χ4v) is 5.39. The molecule has 0 saturated carbocycles. The molecule has 10 heteroatoms. The lowest BCUT2D eigenvalue weighted by Crippen LogP contribution is -2.38. The quantitative estimate of drug-likeness (QED) is 0.356. The van der Waals surface area contributed by atoms with Gasteiger partial charge < -0.3 is 14.6 Å². The van der Waals surface area contributed by atoms with Gasteiger partial charge in [0.25, 0.3) is 0 Å². The van der Waals surface area contributed by atoms with Gasteiger partial charge in [0.1, 0.15) is 11.9 Å². The zero-order valence-electron chi connectivity index (χ0n) is 21.1. The summed E-state index contributed by atoms with van der Waals surface area (Å²) in [6.07, 6.45) is 0.304. The first kappa shape index (κ1) is 25.3. The maximum Gasteiger partial charge on any atom is 0.420 e. The number of nitrogens with zero attached hydrogens (tertiary/aromatic N) is 4. The predicted molar refractivity (Wildman–Crippen MR) is 134 cm³/mol. The summed E-state index contributed by atoms with van der Waals surface area (Å²) >= 11 is 0. The van der Waals surface area contributed by atoms with Crippen LogP contribution < -0.4 is 0 Å². The zero-order chi connectivity index (χ0) is 26.3. The molecule has 0 atom stereocenters. The minimum atomic E-state index is -4.55. The van der Waals surface area contributed by atoms with Crippen LogP contribution in [-0.2, 0) is 15.7 Å². The van der Waals surface area contributed by atoms with Crippen molar-refractivity contribution in [3.63, 3.8) is 0 Å². The number of aromatic amines is 1. The third kappa shape index (κ3) is 4.82. The number of amides is 1. The van der Waals surface area contributed by atoms with Crippen molar-refractivity contribution in [2.45, 2.75) is 51.1 Å². The van der Waals surface area contributed by atoms with Gasteiger partial charge in [-0.15, -0.1) is 0 Å². The van der Waals surface area contributed by atoms with E-state index in [-0.39, 0.29) is 17.5 Å². The molecular formula is C27H30F3N5O2. The number of carbonyl (C=O) groups excluding carboxylic acids is 1. The van der Waals surface area contributed by atoms with Gasteiger partial charge in [0.2, 0.25) is 5.91 Å². The van der Waals surface area contributed by atoms with Crippen molar-refractivity contribution in [3.8, 4) is 11.3 Å². The summed E-state index contributed by atoms with van der Waals surface area (Å²) in [5, 5.41) is 4.98. The van der Waals surface area contributed by atoms with E-state index < -0.39 is 11.7 Å². The van der Waals surface area contributed by atoms with E-state index in [1.807, 2.05) is 24.8 Å². The summed E-state index contributed by atoms with van der Waals surface area (Å²) in [5.41, 5.74) is 3.07. The van der Waals surface area contributed by atoms with Gasteiger partial charge >= 0.3 is 6.18 Å². The number of benzene rings is 1. The summed E-state index contributed by atoms with van der Waals surface area (Å²) in [4.78, 5) is 21.4. The molecule has 1 amide bonds. The number of methoxy groups -OCH3 is 1. The molecule has 3 aromatic heterocycles. The molecule has 1 aromatic carbocycles. The lowest BCUT2D eigenvalue weighted by molar-refractivity contribution is -0.136. The van der Waals surface area contributed by atoms with E-state index in [9.17, 15) is 18.0 Å². The zero-order valence-corrected chi connectivity index (χ0v) is 21.1. The smallest absolute Gasteiger partial charge is 0.384 e. The Morgan fingerprint density at radius 3 is 2.65 bits per heavy atom. The molecule has 7 nitrogen and oxygen atoms in total. The van der Waals surface area contributed by atoms with Gasteiger partial charge in [-0.25, -0.2) is 9.50 Å². The highest BCUT2D eigenvalue weighted by Crippen LogP contribution is 2.40. The fourth-order valence-electron chi connectivity index (χ4n) is 5.39. The molecule has 196 valence electrons. The van der Waals surface area contributed by atoms with Crippen molar-refractivity contribution in [1.82, 2.24) is 24.5 Å². The number of halogens is 3. The van der Waals surface area contributed by atoms with Crippen LogP contribution in [0.25, 0.3) is 27.8 Å². The van der Waals surface area contributed by atoms with Crippen LogP contribution in [0.5, 0.6) is 0 Å². The molecule has 0 spiro atoms. The van der Waals surface area contributed by atoms with Crippen LogP contribution in [0.4, 0.5) is 13.2 Å². The Balaban J connectivity index is 1.50. The summed E-state index contributed by atoms with van der Waals surface area (Å²) in [7, 11) is 1.59. The Morgan fingerprint density at radius 2 is 1.97 bits per heavy atom. The molecule has 4 aromatic rings. The third-order valence-corrected chi connectivity index (χ3v) is 7.25. The number of fused-ring (bicyclic) bond motifs is 2. The maximum atomic E-state index is 13.8. The lowest BCUT2D eigenvalue weighted by Gasteiger charge is -2.32. The van der Waals surface area contributed by atoms with Crippen molar-refractivity contribution < 1.29 is 22.7 Å². The molecule has 0 bridgehead atoms. The van der Waals surface area contributed by atoms with Gasteiger partial charge in [0, 0.05) is 42.9 Å². The van der Waals surface area contributed by atoms with E-state index in [4.69, 9.17) is 4.74 Å². The van der Waals surface area contributed by atoms with E-state index in [1.165, 1.54) is 10.1 Å². The molecule has 1 aliphatic rings. The van der Waals surface area contributed by atoms with Gasteiger partial charge in [-0.3, -0.25) is 4.79 Å². The summed E-state index contributed by atoms with van der Waals surface area (Å²) < 4.78 is 47.7. The molecule has 1 fully saturated rings. The summed E-state index contributed by atoms with van der Waals surface area (Å²) in [5.74, 6) is 0.508. The topological polar surface area (TPSA) is 75.5 Å². The Kier molecular flexibility index (Phi) is 6.70. The van der Waals surface area contributed by atoms with Crippen LogP contribution in [0.2, 0.25) is 0 Å². The van der Waals surface area contributed by atoms with Crippen molar-refractivity contribution in [2.24, 2.45) is 0 Å². The predicted octanol–water partition coefficient (Wildman–Crippen LogP) is 5.76. The average Bonchev–Trinajstić information content (AvgIpc) is 3.50. The van der Waals surface area contributed by atoms with Crippen molar-refractivity contribution in [3.05, 3.63) is 53.5 Å². The molecule has 1 aliphatic heterocycles. The summed E-state index contributed by atoms with van der Waals surface area (Å²) in [6.45, 7) is 5.93. The van der Waals surface area contributed by atoms with Gasteiger partial charge in [0.05, 0.1) is 18.7 Å². The molecule has 4 heterocycles. The van der Waals surface area contributed by atoms with Crippen LogP contribution >= 0.6 is 0 Å². The number of carbonyl (C=O) groups is 1. The van der Waals surface area contributed by atoms with E-state index in [2.05, 4.69) is 27.2 Å². The standard InChI is InChI=1S/C27H30F3N5O2/c1-16(2)24-20-12-18(17-6-9-34(10-7-17)23(36)8-11-37-3)4-5-22(20)33-25(24)19-13-21(27(28,29)30)26-31-15-32-35(26)14-19/h4-5,12-17,33H,6-11H2,1-3H3. The van der Waals surface area contributed by atoms with E-state index in [0.717, 1.165) is 41.7 Å². The van der Waals surface area contributed by atoms with Gasteiger partial charge in [-0.05, 0) is 54.0 Å². The number of pyridine rings is 1. The SMILES string of the molecule is COCCC(=O)N1CCC(c2ccc3[nH]c(-c4cc(C(F)(F)F)c5ncnn5c4)c(C(C)C)c3c2)CC1. The number of aromatic nitrogens is 4. The highest BCUT2D eigenvalue weighted by atomic mass is 19.4. The molecule has 37 heavy (non-hydrogen) atoms. The summed E-state index contributed by atoms with van der Waals surface area (Å²) in [6, 6.07) is 7.41. The first-order valence-electron chi connectivity index (χ1n) is 12.5. The minimum absolute atomic E-state index is 0.0695. The molecule has 0 aliphatic carbocycles. The highest BCUT2D eigenvalue weighted by molar-refractivity contribution is 5.92. The second-order valence-electron chi connectivity index (χ2n) is 9.94. The highest BCUT2D eigenvalue weighted by Gasteiger charge is 2.35. The van der Waals surface area contributed by atoms with Crippen LogP contribution in [0.1, 0.15) is 61.6 Å². The number of ether oxygens (including phenoxy) is 1. The molecule has 0 unspecified atom stereocenters. The monoisotopic (exact) mass is 513 g/mol. The van der Waals surface area contributed by atoms with Crippen molar-refractivity contribution >= 4 is 22.5 Å². The molecule has 5 rings (SSSR count). The van der Waals surface area contributed by atoms with Crippen LogP contribution in [0.15, 0.2) is 36.8 Å². The Labute approximate surface area is 212 Å². The number of nitrogens with one attached hydrogen (secondary N) is 1. The maximum absolute atomic E-state index is 13.8. The normalized spacial score (nSPS) is 15.4. The Bertz CT molecular complexity index is 1430. The molecule has 0 radical (unpaired) electrons. The molecule has 1 N–H and O–H groups in total. The number of piperidine rings is 1. The van der Waals surface area contributed by atoms with Gasteiger partial charge in [-0.1, -0.05) is 19.9 Å². The van der Waals surface area contributed by atoms with Crippen LogP contribution in [-0.4, -0.2) is 57.2 Å². The Morgan fingerprint density at radius 1 is 1.22 bits per heavy atom. The molecular weight excluding hydrogens is 483 g/mol. The van der Waals surface area contributed by atoms with Crippen LogP contribution in [0.3, 0.4) is 0 Å². The number of H-pyrrole nitrogens is 1. The van der Waals surface area contributed by atoms with Crippen molar-refractivity contribution in [1.29, 1.82) is 0 Å². The van der Waals surface area contributed by atoms with E-state index in [1.54, 1.807) is 13.3 Å². The Hall–Kier alpha value is -3.40. The first-order chi connectivity index (χ1) is 17.7. The van der Waals surface area contributed by atoms with Gasteiger partial charge in [-0.2, -0.15) is 18.3 Å². The number of hydrogen-bond acceptors (Lipinski definition) is 4. The van der Waals surface area contributed by atoms with E-state index >= 15 is 0 Å². The third-order valence-electron chi connectivity index (χ3n) is 7.25. The number of alkyl halides is 3. The van der Waals surface area contributed by atoms with Crippen LogP contribution in [0, 0.1) is 0 Å². The van der Waals surface area contributed by atoms with Gasteiger partial charge in [0.15, 0.2) is 5.65 Å². The number of hydrogen-bond donors (Lipinski definition) is 1. The van der Waals surface area contributed by atoms with Crippen molar-refractivity contribution in [2.75, 3.05) is 26.8 Å². The minimum Gasteiger partial charge on any atom is -0.384 e. The molecule has 1 saturated heterocycles. The average molecular weight is 514 g/mol. The number of likely N-dealkylation sites (tertiary alicyclic amines) is 1.